The molecule has 0 bridgehead atoms. The lowest BCUT2D eigenvalue weighted by Gasteiger charge is -2.13. The fraction of sp³-hybridized carbons (Fsp3) is 0.750. The van der Waals surface area contributed by atoms with Crippen LogP contribution in [-0.4, -0.2) is 12.1 Å². The first-order chi connectivity index (χ1) is 6.81. The molecular formula is C12H18O2. The Morgan fingerprint density at radius 2 is 2.29 bits per heavy atom. The molecule has 0 amide bonds. The van der Waals surface area contributed by atoms with Gasteiger partial charge in [-0.2, -0.15) is 0 Å². The van der Waals surface area contributed by atoms with E-state index in [1.165, 1.54) is 6.42 Å². The zero-order valence-electron chi connectivity index (χ0n) is 8.74. The summed E-state index contributed by atoms with van der Waals surface area (Å²) in [6.07, 6.45) is 9.94. The summed E-state index contributed by atoms with van der Waals surface area (Å²) in [5.74, 6) is 1.22. The highest BCUT2D eigenvalue weighted by Gasteiger charge is 2.43. The number of rotatable bonds is 3. The summed E-state index contributed by atoms with van der Waals surface area (Å²) in [5, 5.41) is 0. The molecular weight excluding hydrogens is 176 g/mol. The van der Waals surface area contributed by atoms with Gasteiger partial charge in [0.2, 0.25) is 0 Å². The van der Waals surface area contributed by atoms with E-state index in [0.717, 1.165) is 19.3 Å². The van der Waals surface area contributed by atoms with Crippen LogP contribution in [0.25, 0.3) is 0 Å². The molecule has 3 atom stereocenters. The first-order valence-electron chi connectivity index (χ1n) is 5.65. The smallest absolute Gasteiger partial charge is 0.306 e. The highest BCUT2D eigenvalue weighted by Crippen LogP contribution is 2.42. The Morgan fingerprint density at radius 3 is 3.07 bits per heavy atom. The molecule has 2 fully saturated rings. The minimum Gasteiger partial charge on any atom is -0.462 e. The third-order valence-electron chi connectivity index (χ3n) is 3.43. The van der Waals surface area contributed by atoms with Crippen LogP contribution in [0.15, 0.2) is 12.2 Å². The second-order valence-corrected chi connectivity index (χ2v) is 4.35. The maximum absolute atomic E-state index is 11.1. The van der Waals surface area contributed by atoms with Crippen LogP contribution in [0.1, 0.15) is 39.0 Å². The zero-order chi connectivity index (χ0) is 9.97. The van der Waals surface area contributed by atoms with Crippen LogP contribution in [0.5, 0.6) is 0 Å². The summed E-state index contributed by atoms with van der Waals surface area (Å²) >= 11 is 0. The highest BCUT2D eigenvalue weighted by atomic mass is 16.5. The monoisotopic (exact) mass is 194 g/mol. The maximum atomic E-state index is 11.1. The van der Waals surface area contributed by atoms with Crippen molar-refractivity contribution >= 4 is 5.97 Å². The Labute approximate surface area is 85.3 Å². The molecule has 1 saturated carbocycles. The van der Waals surface area contributed by atoms with Crippen LogP contribution >= 0.6 is 0 Å². The summed E-state index contributed by atoms with van der Waals surface area (Å²) < 4.78 is 5.26. The SMILES string of the molecule is CCC=CCC1CCC2OC(=O)CC12. The van der Waals surface area contributed by atoms with Crippen LogP contribution in [0, 0.1) is 11.8 Å². The number of carbonyl (C=O) groups excluding carboxylic acids is 1. The van der Waals surface area contributed by atoms with Crippen molar-refractivity contribution in [3.8, 4) is 0 Å². The van der Waals surface area contributed by atoms with E-state index in [1.807, 2.05) is 0 Å². The molecule has 3 unspecified atom stereocenters. The van der Waals surface area contributed by atoms with E-state index in [1.54, 1.807) is 0 Å². The lowest BCUT2D eigenvalue weighted by atomic mass is 9.90. The van der Waals surface area contributed by atoms with Crippen molar-refractivity contribution < 1.29 is 9.53 Å². The Balaban J connectivity index is 1.89. The van der Waals surface area contributed by atoms with Gasteiger partial charge in [-0.05, 0) is 31.6 Å². The Kier molecular flexibility index (Phi) is 2.90. The molecule has 0 aromatic heterocycles. The van der Waals surface area contributed by atoms with E-state index in [-0.39, 0.29) is 12.1 Å². The van der Waals surface area contributed by atoms with Gasteiger partial charge in [-0.15, -0.1) is 0 Å². The fourth-order valence-electron chi connectivity index (χ4n) is 2.69. The summed E-state index contributed by atoms with van der Waals surface area (Å²) in [5.41, 5.74) is 0. The lowest BCUT2D eigenvalue weighted by molar-refractivity contribution is -0.141. The van der Waals surface area contributed by atoms with Crippen molar-refractivity contribution in [2.24, 2.45) is 11.8 Å². The number of hydrogen-bond donors (Lipinski definition) is 0. The largest absolute Gasteiger partial charge is 0.462 e. The second kappa shape index (κ2) is 4.16. The van der Waals surface area contributed by atoms with Gasteiger partial charge in [0.15, 0.2) is 0 Å². The highest BCUT2D eigenvalue weighted by molar-refractivity contribution is 5.72. The number of fused-ring (bicyclic) bond motifs is 1. The number of allylic oxidation sites excluding steroid dienone is 2. The van der Waals surface area contributed by atoms with Gasteiger partial charge in [0.05, 0.1) is 6.42 Å². The van der Waals surface area contributed by atoms with Gasteiger partial charge < -0.3 is 4.74 Å². The van der Waals surface area contributed by atoms with Crippen LogP contribution in [0.2, 0.25) is 0 Å². The number of ether oxygens (including phenoxy) is 1. The van der Waals surface area contributed by atoms with Crippen LogP contribution in [-0.2, 0) is 9.53 Å². The molecule has 2 aliphatic rings. The number of hydrogen-bond acceptors (Lipinski definition) is 2. The predicted molar refractivity (Wildman–Crippen MR) is 54.8 cm³/mol. The fourth-order valence-corrected chi connectivity index (χ4v) is 2.69. The van der Waals surface area contributed by atoms with Crippen molar-refractivity contribution in [1.82, 2.24) is 0 Å². The number of carbonyl (C=O) groups is 1. The van der Waals surface area contributed by atoms with Crippen molar-refractivity contribution in [1.29, 1.82) is 0 Å². The molecule has 1 aliphatic carbocycles. The Bertz CT molecular complexity index is 245. The second-order valence-electron chi connectivity index (χ2n) is 4.35. The molecule has 1 aliphatic heterocycles. The minimum atomic E-state index is 0.0178. The molecule has 0 N–H and O–H groups in total. The van der Waals surface area contributed by atoms with Gasteiger partial charge in [-0.1, -0.05) is 19.1 Å². The quantitative estimate of drug-likeness (QED) is 0.510. The number of esters is 1. The van der Waals surface area contributed by atoms with Crippen molar-refractivity contribution in [3.05, 3.63) is 12.2 Å². The molecule has 0 aromatic carbocycles. The van der Waals surface area contributed by atoms with Crippen molar-refractivity contribution in [2.75, 3.05) is 0 Å². The van der Waals surface area contributed by atoms with Gasteiger partial charge in [0, 0.05) is 5.92 Å². The van der Waals surface area contributed by atoms with Gasteiger partial charge in [-0.25, -0.2) is 0 Å². The van der Waals surface area contributed by atoms with E-state index in [9.17, 15) is 4.79 Å². The lowest BCUT2D eigenvalue weighted by Crippen LogP contribution is -2.13. The van der Waals surface area contributed by atoms with Gasteiger partial charge in [0.1, 0.15) is 6.10 Å². The zero-order valence-corrected chi connectivity index (χ0v) is 8.74. The molecule has 14 heavy (non-hydrogen) atoms. The maximum Gasteiger partial charge on any atom is 0.306 e. The topological polar surface area (TPSA) is 26.3 Å². The molecule has 78 valence electrons. The first-order valence-corrected chi connectivity index (χ1v) is 5.65. The van der Waals surface area contributed by atoms with Gasteiger partial charge >= 0.3 is 5.97 Å². The molecule has 0 aromatic rings. The summed E-state index contributed by atoms with van der Waals surface area (Å²) in [4.78, 5) is 11.1. The predicted octanol–water partition coefficient (Wildman–Crippen LogP) is 2.68. The summed E-state index contributed by atoms with van der Waals surface area (Å²) in [7, 11) is 0. The van der Waals surface area contributed by atoms with Gasteiger partial charge in [-0.3, -0.25) is 4.79 Å². The van der Waals surface area contributed by atoms with E-state index in [2.05, 4.69) is 19.1 Å². The average molecular weight is 194 g/mol. The van der Waals surface area contributed by atoms with Gasteiger partial charge in [0.25, 0.3) is 0 Å². The minimum absolute atomic E-state index is 0.0178. The molecule has 2 rings (SSSR count). The molecule has 1 saturated heterocycles. The average Bonchev–Trinajstić information content (AvgIpc) is 2.66. The normalized spacial score (nSPS) is 36.4. The molecule has 2 nitrogen and oxygen atoms in total. The summed E-state index contributed by atoms with van der Waals surface area (Å²) in [6.45, 7) is 2.15. The third-order valence-corrected chi connectivity index (χ3v) is 3.43. The molecule has 2 heteroatoms. The van der Waals surface area contributed by atoms with Crippen molar-refractivity contribution in [2.45, 2.75) is 45.1 Å². The van der Waals surface area contributed by atoms with E-state index >= 15 is 0 Å². The van der Waals surface area contributed by atoms with Crippen LogP contribution < -0.4 is 0 Å². The van der Waals surface area contributed by atoms with E-state index < -0.39 is 0 Å². The van der Waals surface area contributed by atoms with Crippen LogP contribution in [0.4, 0.5) is 0 Å². The van der Waals surface area contributed by atoms with Crippen LogP contribution in [0.3, 0.4) is 0 Å². The molecule has 0 radical (unpaired) electrons. The first kappa shape index (κ1) is 9.75. The molecule has 1 heterocycles. The van der Waals surface area contributed by atoms with E-state index in [4.69, 9.17) is 4.74 Å². The Morgan fingerprint density at radius 1 is 1.43 bits per heavy atom. The van der Waals surface area contributed by atoms with E-state index in [0.29, 0.717) is 18.3 Å². The third kappa shape index (κ3) is 1.84. The summed E-state index contributed by atoms with van der Waals surface area (Å²) in [6, 6.07) is 0. The van der Waals surface area contributed by atoms with Crippen molar-refractivity contribution in [3.63, 3.8) is 0 Å². The molecule has 0 spiro atoms. The standard InChI is InChI=1S/C12H18O2/c1-2-3-4-5-9-6-7-11-10(9)8-12(13)14-11/h3-4,9-11H,2,5-8H2,1H3. The Hall–Kier alpha value is -0.790.